The smallest absolute Gasteiger partial charge is 0.304 e. The molecule has 1 aromatic carbocycles. The first-order valence-corrected chi connectivity index (χ1v) is 7.09. The molecule has 0 aliphatic rings. The van der Waals surface area contributed by atoms with Crippen molar-refractivity contribution in [2.45, 2.75) is 24.3 Å². The average Bonchev–Trinajstić information content (AvgIpc) is 2.30. The maximum atomic E-state index is 11.9. The molecule has 0 fully saturated rings. The highest BCUT2D eigenvalue weighted by atomic mass is 35.5. The van der Waals surface area contributed by atoms with Crippen molar-refractivity contribution in [1.29, 1.82) is 0 Å². The van der Waals surface area contributed by atoms with E-state index in [0.29, 0.717) is 5.56 Å². The Labute approximate surface area is 117 Å². The summed E-state index contributed by atoms with van der Waals surface area (Å²) in [7, 11) is -1.40. The summed E-state index contributed by atoms with van der Waals surface area (Å²) in [5.74, 6) is -0.943. The molecule has 0 spiro atoms. The average molecular weight is 306 g/mol. The number of hydrogen-bond donors (Lipinski definition) is 1. The maximum absolute atomic E-state index is 11.9. The van der Waals surface area contributed by atoms with Gasteiger partial charge >= 0.3 is 5.97 Å². The van der Waals surface area contributed by atoms with E-state index in [0.717, 1.165) is 0 Å². The molecule has 2 atom stereocenters. The molecule has 0 bridgehead atoms. The van der Waals surface area contributed by atoms with E-state index in [1.807, 2.05) is 0 Å². The highest BCUT2D eigenvalue weighted by molar-refractivity contribution is 7.84. The number of carbonyl (C=O) groups is 1. The van der Waals surface area contributed by atoms with Crippen molar-refractivity contribution in [3.05, 3.63) is 38.9 Å². The summed E-state index contributed by atoms with van der Waals surface area (Å²) in [6.45, 7) is 1.57. The Bertz CT molecular complexity index is 534. The van der Waals surface area contributed by atoms with E-state index in [2.05, 4.69) is 0 Å². The Morgan fingerprint density at radius 1 is 1.58 bits per heavy atom. The minimum Gasteiger partial charge on any atom is -0.481 e. The highest BCUT2D eigenvalue weighted by Crippen LogP contribution is 2.24. The van der Waals surface area contributed by atoms with Gasteiger partial charge < -0.3 is 5.11 Å². The molecule has 19 heavy (non-hydrogen) atoms. The van der Waals surface area contributed by atoms with Crippen molar-refractivity contribution in [2.75, 3.05) is 0 Å². The predicted octanol–water partition coefficient (Wildman–Crippen LogP) is 2.36. The zero-order chi connectivity index (χ0) is 14.6. The number of carboxylic acids is 1. The third-order valence-electron chi connectivity index (χ3n) is 2.46. The van der Waals surface area contributed by atoms with Crippen molar-refractivity contribution in [3.63, 3.8) is 0 Å². The van der Waals surface area contributed by atoms with E-state index in [4.69, 9.17) is 16.7 Å². The van der Waals surface area contributed by atoms with Crippen molar-refractivity contribution in [2.24, 2.45) is 0 Å². The largest absolute Gasteiger partial charge is 0.481 e. The third-order valence-corrected chi connectivity index (χ3v) is 4.47. The summed E-state index contributed by atoms with van der Waals surface area (Å²) in [5.41, 5.74) is 0.362. The Morgan fingerprint density at radius 3 is 2.68 bits per heavy atom. The van der Waals surface area contributed by atoms with Crippen molar-refractivity contribution < 1.29 is 19.0 Å². The summed E-state index contributed by atoms with van der Waals surface area (Å²) in [5, 5.41) is 18.8. The lowest BCUT2D eigenvalue weighted by molar-refractivity contribution is -0.384. The first-order chi connectivity index (χ1) is 8.81. The Kier molecular flexibility index (Phi) is 5.44. The molecule has 1 aromatic rings. The topological polar surface area (TPSA) is 97.5 Å². The lowest BCUT2D eigenvalue weighted by atomic mass is 10.2. The zero-order valence-corrected chi connectivity index (χ0v) is 11.6. The fourth-order valence-corrected chi connectivity index (χ4v) is 2.89. The van der Waals surface area contributed by atoms with Crippen LogP contribution >= 0.6 is 11.6 Å². The van der Waals surface area contributed by atoms with E-state index in [1.54, 1.807) is 6.92 Å². The number of benzene rings is 1. The van der Waals surface area contributed by atoms with E-state index in [-0.39, 0.29) is 22.9 Å². The zero-order valence-electron chi connectivity index (χ0n) is 10.0. The molecule has 8 heteroatoms. The van der Waals surface area contributed by atoms with Crippen LogP contribution in [0.5, 0.6) is 0 Å². The molecule has 0 aliphatic carbocycles. The number of non-ortho nitro benzene ring substituents is 1. The van der Waals surface area contributed by atoms with Gasteiger partial charge in [-0.15, -0.1) is 0 Å². The number of hydrogen-bond acceptors (Lipinski definition) is 4. The minimum absolute atomic E-state index is 0.0747. The van der Waals surface area contributed by atoms with Gasteiger partial charge in [-0.1, -0.05) is 18.5 Å². The van der Waals surface area contributed by atoms with Gasteiger partial charge in [0.2, 0.25) is 0 Å². The van der Waals surface area contributed by atoms with Crippen LogP contribution in [0.3, 0.4) is 0 Å². The second kappa shape index (κ2) is 6.63. The van der Waals surface area contributed by atoms with Gasteiger partial charge in [-0.3, -0.25) is 19.1 Å². The van der Waals surface area contributed by atoms with Gasteiger partial charge in [-0.25, -0.2) is 0 Å². The Balaban J connectivity index is 2.80. The third kappa shape index (κ3) is 4.60. The van der Waals surface area contributed by atoms with E-state index >= 15 is 0 Å². The van der Waals surface area contributed by atoms with Crippen LogP contribution in [0.1, 0.15) is 18.9 Å². The van der Waals surface area contributed by atoms with Crippen molar-refractivity contribution in [3.8, 4) is 0 Å². The van der Waals surface area contributed by atoms with Crippen LogP contribution in [0, 0.1) is 10.1 Å². The number of aliphatic carboxylic acids is 1. The van der Waals surface area contributed by atoms with E-state index in [1.165, 1.54) is 18.2 Å². The Hall–Kier alpha value is -1.47. The maximum Gasteiger partial charge on any atom is 0.304 e. The Morgan fingerprint density at radius 2 is 2.21 bits per heavy atom. The van der Waals surface area contributed by atoms with Crippen LogP contribution in [-0.4, -0.2) is 25.5 Å². The molecule has 0 amide bonds. The summed E-state index contributed by atoms with van der Waals surface area (Å²) in [4.78, 5) is 20.5. The van der Waals surface area contributed by atoms with Crippen LogP contribution in [-0.2, 0) is 21.3 Å². The number of rotatable bonds is 6. The highest BCUT2D eigenvalue weighted by Gasteiger charge is 2.17. The van der Waals surface area contributed by atoms with Crippen molar-refractivity contribution in [1.82, 2.24) is 0 Å². The van der Waals surface area contributed by atoms with Gasteiger partial charge in [0.25, 0.3) is 5.69 Å². The summed E-state index contributed by atoms with van der Waals surface area (Å²) < 4.78 is 11.9. The number of nitro groups is 1. The number of nitro benzene ring substituents is 1. The molecule has 104 valence electrons. The van der Waals surface area contributed by atoms with Gasteiger partial charge in [-0.05, 0) is 11.6 Å². The lowest BCUT2D eigenvalue weighted by Gasteiger charge is -2.09. The van der Waals surface area contributed by atoms with Crippen LogP contribution < -0.4 is 0 Å². The molecule has 0 radical (unpaired) electrons. The van der Waals surface area contributed by atoms with E-state index in [9.17, 15) is 19.1 Å². The first-order valence-electron chi connectivity index (χ1n) is 5.33. The van der Waals surface area contributed by atoms with Crippen LogP contribution in [0.15, 0.2) is 18.2 Å². The number of nitrogens with zero attached hydrogens (tertiary/aromatic N) is 1. The standard InChI is InChI=1S/C11H12ClNO5S/c1-7(4-11(14)15)19(18)6-8-2-3-9(13(16)17)5-10(8)12/h2-3,5,7H,4,6H2,1H3,(H,14,15). The summed E-state index contributed by atoms with van der Waals surface area (Å²) in [6.07, 6.45) is -0.197. The fraction of sp³-hybridized carbons (Fsp3) is 0.364. The molecule has 0 saturated heterocycles. The normalized spacial score (nSPS) is 13.8. The molecule has 0 saturated carbocycles. The first kappa shape index (κ1) is 15.6. The molecule has 0 aromatic heterocycles. The van der Waals surface area contributed by atoms with Gasteiger partial charge in [0.15, 0.2) is 0 Å². The van der Waals surface area contributed by atoms with Gasteiger partial charge in [0.1, 0.15) is 0 Å². The lowest BCUT2D eigenvalue weighted by Crippen LogP contribution is -2.17. The number of halogens is 1. The van der Waals surface area contributed by atoms with Gasteiger partial charge in [0.05, 0.1) is 22.1 Å². The molecular weight excluding hydrogens is 294 g/mol. The van der Waals surface area contributed by atoms with Crippen LogP contribution in [0.4, 0.5) is 5.69 Å². The second-order valence-corrected chi connectivity index (χ2v) is 6.23. The van der Waals surface area contributed by atoms with Crippen LogP contribution in [0.25, 0.3) is 0 Å². The predicted molar refractivity (Wildman–Crippen MR) is 71.7 cm³/mol. The van der Waals surface area contributed by atoms with Gasteiger partial charge in [-0.2, -0.15) is 0 Å². The monoisotopic (exact) mass is 305 g/mol. The quantitative estimate of drug-likeness (QED) is 0.642. The molecule has 6 nitrogen and oxygen atoms in total. The molecule has 1 N–H and O–H groups in total. The SMILES string of the molecule is CC(CC(=O)O)S(=O)Cc1ccc([N+](=O)[O-])cc1Cl. The van der Waals surface area contributed by atoms with Crippen LogP contribution in [0.2, 0.25) is 5.02 Å². The molecule has 2 unspecified atom stereocenters. The molecule has 0 heterocycles. The molecular formula is C11H12ClNO5S. The molecule has 1 rings (SSSR count). The minimum atomic E-state index is -1.40. The number of carboxylic acid groups (broad SMARTS) is 1. The van der Waals surface area contributed by atoms with Crippen molar-refractivity contribution >= 4 is 34.1 Å². The summed E-state index contributed by atoms with van der Waals surface area (Å²) >= 11 is 5.87. The second-order valence-electron chi connectivity index (χ2n) is 3.97. The van der Waals surface area contributed by atoms with E-state index < -0.39 is 26.9 Å². The fourth-order valence-electron chi connectivity index (χ4n) is 1.40. The molecule has 0 aliphatic heterocycles. The summed E-state index contributed by atoms with van der Waals surface area (Å²) in [6, 6.07) is 3.90. The van der Waals surface area contributed by atoms with Gasteiger partial charge in [0, 0.05) is 28.2 Å².